The van der Waals surface area contributed by atoms with E-state index in [-0.39, 0.29) is 11.2 Å². The fraction of sp³-hybridized carbons (Fsp3) is 0.333. The average Bonchev–Trinajstić information content (AvgIpc) is 2.68. The van der Waals surface area contributed by atoms with Gasteiger partial charge in [0.15, 0.2) is 0 Å². The Bertz CT molecular complexity index is 667. The Kier molecular flexibility index (Phi) is 3.54. The maximum Gasteiger partial charge on any atom is 0.496 e. The zero-order chi connectivity index (χ0) is 16.0. The first-order valence-electron chi connectivity index (χ1n) is 7.61. The van der Waals surface area contributed by atoms with Crippen LogP contribution in [0.3, 0.4) is 0 Å². The molecule has 1 fully saturated rings. The van der Waals surface area contributed by atoms with Crippen LogP contribution in [0.2, 0.25) is 0 Å². The van der Waals surface area contributed by atoms with Crippen LogP contribution in [0.5, 0.6) is 0 Å². The van der Waals surface area contributed by atoms with Crippen LogP contribution in [0.1, 0.15) is 27.7 Å². The molecule has 22 heavy (non-hydrogen) atoms. The van der Waals surface area contributed by atoms with Gasteiger partial charge >= 0.3 is 7.12 Å². The Morgan fingerprint density at radius 2 is 1.41 bits per heavy atom. The van der Waals surface area contributed by atoms with E-state index in [1.807, 2.05) is 58.0 Å². The standard InChI is InChI=1S/C18H22BNO2/c1-17(2)18(3,4)22-19(21-17)15-11-10-14(12-16(15)20)13-8-6-5-7-9-13/h5-12H,20H2,1-4H3. The Hall–Kier alpha value is -1.78. The van der Waals surface area contributed by atoms with E-state index in [4.69, 9.17) is 15.0 Å². The fourth-order valence-electron chi connectivity index (χ4n) is 2.57. The van der Waals surface area contributed by atoms with Crippen molar-refractivity contribution in [3.05, 3.63) is 48.5 Å². The van der Waals surface area contributed by atoms with Gasteiger partial charge in [-0.3, -0.25) is 0 Å². The van der Waals surface area contributed by atoms with Gasteiger partial charge in [0.25, 0.3) is 0 Å². The molecule has 0 bridgehead atoms. The third kappa shape index (κ3) is 2.53. The Balaban J connectivity index is 1.91. The van der Waals surface area contributed by atoms with Gasteiger partial charge in [-0.1, -0.05) is 42.5 Å². The third-order valence-electron chi connectivity index (χ3n) is 4.70. The molecular weight excluding hydrogens is 273 g/mol. The zero-order valence-electron chi connectivity index (χ0n) is 13.6. The van der Waals surface area contributed by atoms with Crippen molar-refractivity contribution in [1.82, 2.24) is 0 Å². The third-order valence-corrected chi connectivity index (χ3v) is 4.70. The van der Waals surface area contributed by atoms with Crippen molar-refractivity contribution >= 4 is 18.3 Å². The van der Waals surface area contributed by atoms with Crippen molar-refractivity contribution in [1.29, 1.82) is 0 Å². The molecule has 4 heteroatoms. The summed E-state index contributed by atoms with van der Waals surface area (Å²) in [6.45, 7) is 8.17. The van der Waals surface area contributed by atoms with E-state index in [1.54, 1.807) is 0 Å². The van der Waals surface area contributed by atoms with Gasteiger partial charge in [0.2, 0.25) is 0 Å². The highest BCUT2D eigenvalue weighted by Crippen LogP contribution is 2.37. The van der Waals surface area contributed by atoms with Crippen LogP contribution < -0.4 is 11.2 Å². The molecule has 0 radical (unpaired) electrons. The molecule has 1 heterocycles. The van der Waals surface area contributed by atoms with Crippen LogP contribution in [0, 0.1) is 0 Å². The van der Waals surface area contributed by atoms with Gasteiger partial charge in [-0.05, 0) is 44.9 Å². The van der Waals surface area contributed by atoms with E-state index in [0.717, 1.165) is 16.6 Å². The maximum atomic E-state index is 6.26. The topological polar surface area (TPSA) is 44.5 Å². The largest absolute Gasteiger partial charge is 0.496 e. The smallest absolute Gasteiger partial charge is 0.399 e. The second-order valence-corrected chi connectivity index (χ2v) is 6.80. The summed E-state index contributed by atoms with van der Waals surface area (Å²) < 4.78 is 12.1. The molecule has 0 spiro atoms. The van der Waals surface area contributed by atoms with Crippen molar-refractivity contribution in [2.75, 3.05) is 5.73 Å². The highest BCUT2D eigenvalue weighted by Gasteiger charge is 2.52. The minimum absolute atomic E-state index is 0.359. The number of benzene rings is 2. The minimum atomic E-state index is -0.421. The molecule has 0 saturated carbocycles. The molecule has 0 unspecified atom stereocenters. The van der Waals surface area contributed by atoms with E-state index >= 15 is 0 Å². The summed E-state index contributed by atoms with van der Waals surface area (Å²) in [6, 6.07) is 16.2. The van der Waals surface area contributed by atoms with Crippen molar-refractivity contribution in [3.63, 3.8) is 0 Å². The van der Waals surface area contributed by atoms with Gasteiger partial charge in [-0.25, -0.2) is 0 Å². The highest BCUT2D eigenvalue weighted by molar-refractivity contribution is 6.63. The summed E-state index contributed by atoms with van der Waals surface area (Å²) in [7, 11) is -0.421. The van der Waals surface area contributed by atoms with Crippen LogP contribution >= 0.6 is 0 Å². The first-order chi connectivity index (χ1) is 10.3. The summed E-state index contributed by atoms with van der Waals surface area (Å²) >= 11 is 0. The molecule has 0 amide bonds. The second kappa shape index (κ2) is 5.15. The predicted octanol–water partition coefficient (Wildman–Crippen LogP) is 3.24. The first kappa shape index (κ1) is 15.1. The summed E-state index contributed by atoms with van der Waals surface area (Å²) in [5.74, 6) is 0. The normalized spacial score (nSPS) is 19.4. The van der Waals surface area contributed by atoms with Gasteiger partial charge in [0.1, 0.15) is 0 Å². The lowest BCUT2D eigenvalue weighted by Gasteiger charge is -2.32. The minimum Gasteiger partial charge on any atom is -0.399 e. The summed E-state index contributed by atoms with van der Waals surface area (Å²) in [6.07, 6.45) is 0. The Morgan fingerprint density at radius 1 is 0.818 bits per heavy atom. The maximum absolute atomic E-state index is 6.26. The lowest BCUT2D eigenvalue weighted by molar-refractivity contribution is 0.00578. The van der Waals surface area contributed by atoms with Gasteiger partial charge < -0.3 is 15.0 Å². The predicted molar refractivity (Wildman–Crippen MR) is 92.0 cm³/mol. The molecule has 3 rings (SSSR count). The fourth-order valence-corrected chi connectivity index (χ4v) is 2.57. The lowest BCUT2D eigenvalue weighted by atomic mass is 9.77. The van der Waals surface area contributed by atoms with Crippen LogP contribution in [-0.2, 0) is 9.31 Å². The molecule has 3 nitrogen and oxygen atoms in total. The van der Waals surface area contributed by atoms with Gasteiger partial charge in [-0.15, -0.1) is 0 Å². The molecule has 2 aromatic rings. The average molecular weight is 295 g/mol. The van der Waals surface area contributed by atoms with Crippen LogP contribution in [0.4, 0.5) is 5.69 Å². The molecule has 2 aromatic carbocycles. The molecule has 0 atom stereocenters. The van der Waals surface area contributed by atoms with Crippen molar-refractivity contribution in [2.24, 2.45) is 0 Å². The number of hydrogen-bond acceptors (Lipinski definition) is 3. The number of nitrogen functional groups attached to an aromatic ring is 1. The second-order valence-electron chi connectivity index (χ2n) is 6.80. The molecule has 1 saturated heterocycles. The van der Waals surface area contributed by atoms with E-state index in [2.05, 4.69) is 18.2 Å². The first-order valence-corrected chi connectivity index (χ1v) is 7.61. The lowest BCUT2D eigenvalue weighted by Crippen LogP contribution is -2.41. The van der Waals surface area contributed by atoms with Gasteiger partial charge in [0, 0.05) is 11.2 Å². The number of rotatable bonds is 2. The van der Waals surface area contributed by atoms with Crippen molar-refractivity contribution in [3.8, 4) is 11.1 Å². The van der Waals surface area contributed by atoms with Gasteiger partial charge in [0.05, 0.1) is 11.2 Å². The van der Waals surface area contributed by atoms with Crippen LogP contribution in [0.15, 0.2) is 48.5 Å². The zero-order valence-corrected chi connectivity index (χ0v) is 13.6. The summed E-state index contributed by atoms with van der Waals surface area (Å²) in [5.41, 5.74) is 9.36. The van der Waals surface area contributed by atoms with Crippen LogP contribution in [-0.4, -0.2) is 18.3 Å². The summed E-state index contributed by atoms with van der Waals surface area (Å²) in [5, 5.41) is 0. The molecule has 0 aromatic heterocycles. The quantitative estimate of drug-likeness (QED) is 0.683. The van der Waals surface area contributed by atoms with E-state index in [1.165, 1.54) is 0 Å². The highest BCUT2D eigenvalue weighted by atomic mass is 16.7. The number of anilines is 1. The number of hydrogen-bond donors (Lipinski definition) is 1. The van der Waals surface area contributed by atoms with Crippen molar-refractivity contribution in [2.45, 2.75) is 38.9 Å². The molecule has 114 valence electrons. The molecule has 0 aliphatic carbocycles. The van der Waals surface area contributed by atoms with Crippen molar-refractivity contribution < 1.29 is 9.31 Å². The molecule has 1 aliphatic heterocycles. The Labute approximate surface area is 132 Å². The van der Waals surface area contributed by atoms with Gasteiger partial charge in [-0.2, -0.15) is 0 Å². The SMILES string of the molecule is CC1(C)OB(c2ccc(-c3ccccc3)cc2N)OC1(C)C. The van der Waals surface area contributed by atoms with E-state index in [0.29, 0.717) is 5.69 Å². The molecular formula is C18H22BNO2. The molecule has 2 N–H and O–H groups in total. The van der Waals surface area contributed by atoms with E-state index < -0.39 is 7.12 Å². The summed E-state index contributed by atoms with van der Waals surface area (Å²) in [4.78, 5) is 0. The number of nitrogens with two attached hydrogens (primary N) is 1. The monoisotopic (exact) mass is 295 g/mol. The Morgan fingerprint density at radius 3 is 1.95 bits per heavy atom. The molecule has 1 aliphatic rings. The van der Waals surface area contributed by atoms with Crippen LogP contribution in [0.25, 0.3) is 11.1 Å². The van der Waals surface area contributed by atoms with E-state index in [9.17, 15) is 0 Å².